The molecule has 2 N–H and O–H groups in total. The van der Waals surface area contributed by atoms with Crippen molar-refractivity contribution >= 4 is 5.97 Å². The van der Waals surface area contributed by atoms with Gasteiger partial charge in [0.05, 0.1) is 13.0 Å². The number of carbonyl (C=O) groups is 1. The van der Waals surface area contributed by atoms with Crippen LogP contribution in [0.4, 0.5) is 0 Å². The summed E-state index contributed by atoms with van der Waals surface area (Å²) >= 11 is 0. The van der Waals surface area contributed by atoms with Gasteiger partial charge in [-0.2, -0.15) is 0 Å². The molecule has 1 atom stereocenters. The Morgan fingerprint density at radius 2 is 2.40 bits per heavy atom. The smallest absolute Gasteiger partial charge is 0.316 e. The molecule has 0 aromatic carbocycles. The minimum Gasteiger partial charge on any atom is -0.468 e. The maximum Gasteiger partial charge on any atom is 0.316 e. The van der Waals surface area contributed by atoms with E-state index in [0.29, 0.717) is 0 Å². The SMILES string of the molecule is C=CC(/C=C/N)C(=O)OC. The molecule has 3 heteroatoms. The van der Waals surface area contributed by atoms with Crippen molar-refractivity contribution in [2.75, 3.05) is 7.11 Å². The largest absolute Gasteiger partial charge is 0.468 e. The first-order chi connectivity index (χ1) is 4.76. The van der Waals surface area contributed by atoms with E-state index in [0.717, 1.165) is 0 Å². The predicted octanol–water partition coefficient (Wildman–Crippen LogP) is 0.434. The third kappa shape index (κ3) is 2.35. The van der Waals surface area contributed by atoms with Crippen LogP contribution in [0.5, 0.6) is 0 Å². The molecule has 0 heterocycles. The summed E-state index contributed by atoms with van der Waals surface area (Å²) in [6.45, 7) is 3.44. The molecule has 0 saturated heterocycles. The van der Waals surface area contributed by atoms with Crippen molar-refractivity contribution in [3.05, 3.63) is 24.9 Å². The number of nitrogens with two attached hydrogens (primary N) is 1. The zero-order chi connectivity index (χ0) is 7.98. The Morgan fingerprint density at radius 3 is 2.70 bits per heavy atom. The highest BCUT2D eigenvalue weighted by Crippen LogP contribution is 2.00. The number of hydrogen-bond acceptors (Lipinski definition) is 3. The second-order valence-corrected chi connectivity index (χ2v) is 1.67. The second-order valence-electron chi connectivity index (χ2n) is 1.67. The van der Waals surface area contributed by atoms with Crippen LogP contribution in [-0.4, -0.2) is 13.1 Å². The van der Waals surface area contributed by atoms with Crippen molar-refractivity contribution in [1.82, 2.24) is 0 Å². The normalized spacial score (nSPS) is 12.9. The van der Waals surface area contributed by atoms with Crippen molar-refractivity contribution < 1.29 is 9.53 Å². The van der Waals surface area contributed by atoms with E-state index >= 15 is 0 Å². The van der Waals surface area contributed by atoms with Gasteiger partial charge in [-0.15, -0.1) is 6.58 Å². The van der Waals surface area contributed by atoms with E-state index in [-0.39, 0.29) is 5.97 Å². The average Bonchev–Trinajstić information content (AvgIpc) is 1.99. The van der Waals surface area contributed by atoms with Gasteiger partial charge in [0, 0.05) is 0 Å². The Kier molecular flexibility index (Phi) is 4.04. The van der Waals surface area contributed by atoms with Gasteiger partial charge in [0.1, 0.15) is 0 Å². The summed E-state index contributed by atoms with van der Waals surface area (Å²) in [6, 6.07) is 0. The molecule has 0 saturated carbocycles. The van der Waals surface area contributed by atoms with E-state index in [1.165, 1.54) is 25.5 Å². The van der Waals surface area contributed by atoms with E-state index in [4.69, 9.17) is 5.73 Å². The zero-order valence-corrected chi connectivity index (χ0v) is 5.91. The Balaban J connectivity index is 4.06. The molecule has 0 aliphatic rings. The predicted molar refractivity (Wildman–Crippen MR) is 39.0 cm³/mol. The number of rotatable bonds is 3. The van der Waals surface area contributed by atoms with Crippen LogP contribution in [0.1, 0.15) is 0 Å². The highest BCUT2D eigenvalue weighted by atomic mass is 16.5. The number of esters is 1. The first-order valence-corrected chi connectivity index (χ1v) is 2.85. The van der Waals surface area contributed by atoms with Gasteiger partial charge in [-0.3, -0.25) is 4.79 Å². The highest BCUT2D eigenvalue weighted by molar-refractivity contribution is 5.76. The molecular formula is C7H11NO2. The number of methoxy groups -OCH3 is 1. The molecular weight excluding hydrogens is 130 g/mol. The summed E-state index contributed by atoms with van der Waals surface area (Å²) < 4.78 is 4.44. The molecule has 0 bridgehead atoms. The van der Waals surface area contributed by atoms with Crippen molar-refractivity contribution in [2.45, 2.75) is 0 Å². The van der Waals surface area contributed by atoms with Gasteiger partial charge in [-0.25, -0.2) is 0 Å². The lowest BCUT2D eigenvalue weighted by atomic mass is 10.1. The molecule has 0 radical (unpaired) electrons. The second kappa shape index (κ2) is 4.61. The summed E-state index contributed by atoms with van der Waals surface area (Å²) in [5, 5.41) is 0. The first-order valence-electron chi connectivity index (χ1n) is 2.85. The van der Waals surface area contributed by atoms with Gasteiger partial charge in [-0.1, -0.05) is 12.2 Å². The molecule has 0 fully saturated rings. The van der Waals surface area contributed by atoms with E-state index < -0.39 is 5.92 Å². The maximum absolute atomic E-state index is 10.7. The number of carbonyl (C=O) groups excluding carboxylic acids is 1. The van der Waals surface area contributed by atoms with Crippen LogP contribution in [0, 0.1) is 5.92 Å². The van der Waals surface area contributed by atoms with Crippen LogP contribution in [-0.2, 0) is 9.53 Å². The molecule has 0 aromatic heterocycles. The quantitative estimate of drug-likeness (QED) is 0.458. The Hall–Kier alpha value is -1.25. The van der Waals surface area contributed by atoms with Crippen LogP contribution in [0.3, 0.4) is 0 Å². The monoisotopic (exact) mass is 141 g/mol. The van der Waals surface area contributed by atoms with Gasteiger partial charge in [0.15, 0.2) is 0 Å². The van der Waals surface area contributed by atoms with E-state index in [1.807, 2.05) is 0 Å². The number of hydrogen-bond donors (Lipinski definition) is 1. The Bertz CT molecular complexity index is 152. The van der Waals surface area contributed by atoms with Crippen LogP contribution in [0.15, 0.2) is 24.9 Å². The van der Waals surface area contributed by atoms with E-state index in [1.54, 1.807) is 0 Å². The zero-order valence-electron chi connectivity index (χ0n) is 5.91. The van der Waals surface area contributed by atoms with Crippen molar-refractivity contribution in [1.29, 1.82) is 0 Å². The topological polar surface area (TPSA) is 52.3 Å². The molecule has 0 rings (SSSR count). The summed E-state index contributed by atoms with van der Waals surface area (Å²) in [4.78, 5) is 10.7. The minimum absolute atomic E-state index is 0.350. The number of ether oxygens (including phenoxy) is 1. The Morgan fingerprint density at radius 1 is 1.80 bits per heavy atom. The van der Waals surface area contributed by atoms with Gasteiger partial charge in [0.25, 0.3) is 0 Å². The van der Waals surface area contributed by atoms with E-state index in [9.17, 15) is 4.79 Å². The summed E-state index contributed by atoms with van der Waals surface area (Å²) in [6.07, 6.45) is 4.28. The fourth-order valence-corrected chi connectivity index (χ4v) is 0.509. The fourth-order valence-electron chi connectivity index (χ4n) is 0.509. The molecule has 10 heavy (non-hydrogen) atoms. The van der Waals surface area contributed by atoms with Crippen molar-refractivity contribution in [2.24, 2.45) is 11.7 Å². The average molecular weight is 141 g/mol. The third-order valence-corrected chi connectivity index (χ3v) is 1.05. The highest BCUT2D eigenvalue weighted by Gasteiger charge is 2.09. The van der Waals surface area contributed by atoms with Gasteiger partial charge in [-0.05, 0) is 6.20 Å². The van der Waals surface area contributed by atoms with Gasteiger partial charge >= 0.3 is 5.97 Å². The lowest BCUT2D eigenvalue weighted by Gasteiger charge is -2.02. The summed E-state index contributed by atoms with van der Waals surface area (Å²) in [7, 11) is 1.32. The molecule has 0 aromatic rings. The standard InChI is InChI=1S/C7H11NO2/c1-3-6(4-5-8)7(9)10-2/h3-6H,1,8H2,2H3/b5-4+. The molecule has 0 amide bonds. The summed E-state index contributed by atoms with van der Waals surface area (Å²) in [5.41, 5.74) is 5.06. The maximum atomic E-state index is 10.7. The third-order valence-electron chi connectivity index (χ3n) is 1.05. The molecule has 0 aliphatic heterocycles. The van der Waals surface area contributed by atoms with Crippen LogP contribution < -0.4 is 5.73 Å². The Labute approximate surface area is 60.2 Å². The van der Waals surface area contributed by atoms with Gasteiger partial charge in [0.2, 0.25) is 0 Å². The van der Waals surface area contributed by atoms with Gasteiger partial charge < -0.3 is 10.5 Å². The van der Waals surface area contributed by atoms with Crippen molar-refractivity contribution in [3.8, 4) is 0 Å². The van der Waals surface area contributed by atoms with Crippen LogP contribution in [0.2, 0.25) is 0 Å². The van der Waals surface area contributed by atoms with Crippen LogP contribution in [0.25, 0.3) is 0 Å². The van der Waals surface area contributed by atoms with Crippen LogP contribution >= 0.6 is 0 Å². The lowest BCUT2D eigenvalue weighted by Crippen LogP contribution is -2.11. The molecule has 56 valence electrons. The lowest BCUT2D eigenvalue weighted by molar-refractivity contribution is -0.142. The van der Waals surface area contributed by atoms with Crippen molar-refractivity contribution in [3.63, 3.8) is 0 Å². The summed E-state index contributed by atoms with van der Waals surface area (Å²) in [5.74, 6) is -0.772. The minimum atomic E-state index is -0.421. The fraction of sp³-hybridized carbons (Fsp3) is 0.286. The first kappa shape index (κ1) is 8.75. The van der Waals surface area contributed by atoms with E-state index in [2.05, 4.69) is 11.3 Å². The molecule has 0 spiro atoms. The molecule has 3 nitrogen and oxygen atoms in total. The molecule has 0 aliphatic carbocycles. The molecule has 1 unspecified atom stereocenters.